The summed E-state index contributed by atoms with van der Waals surface area (Å²) in [5.41, 5.74) is 2.23. The van der Waals surface area contributed by atoms with Gasteiger partial charge in [-0.25, -0.2) is 4.39 Å². The Morgan fingerprint density at radius 2 is 1.90 bits per heavy atom. The van der Waals surface area contributed by atoms with Gasteiger partial charge in [0, 0.05) is 17.1 Å². The van der Waals surface area contributed by atoms with Crippen LogP contribution in [0.3, 0.4) is 0 Å². The third-order valence-electron chi connectivity index (χ3n) is 3.33. The lowest BCUT2D eigenvalue weighted by Crippen LogP contribution is -2.21. The summed E-state index contributed by atoms with van der Waals surface area (Å²) in [5, 5.41) is 3.52. The van der Waals surface area contributed by atoms with Gasteiger partial charge in [0.2, 0.25) is 0 Å². The first-order valence-corrected chi connectivity index (χ1v) is 7.72. The van der Waals surface area contributed by atoms with Crippen molar-refractivity contribution in [3.63, 3.8) is 0 Å². The molecule has 1 unspecified atom stereocenters. The first kappa shape index (κ1) is 15.2. The lowest BCUT2D eigenvalue weighted by molar-refractivity contribution is 0.491. The Kier molecular flexibility index (Phi) is 5.74. The number of rotatable bonds is 6. The summed E-state index contributed by atoms with van der Waals surface area (Å²) in [7, 11) is 0. The summed E-state index contributed by atoms with van der Waals surface area (Å²) in [4.78, 5) is 0. The van der Waals surface area contributed by atoms with E-state index in [2.05, 4.69) is 52.4 Å². The van der Waals surface area contributed by atoms with Gasteiger partial charge in [-0.05, 0) is 35.7 Å². The van der Waals surface area contributed by atoms with Crippen molar-refractivity contribution < 1.29 is 4.39 Å². The van der Waals surface area contributed by atoms with Gasteiger partial charge in [0.05, 0.1) is 0 Å². The van der Waals surface area contributed by atoms with E-state index in [0.717, 1.165) is 22.9 Å². The lowest BCUT2D eigenvalue weighted by Gasteiger charge is -2.19. The maximum atomic E-state index is 13.3. The van der Waals surface area contributed by atoms with Crippen molar-refractivity contribution in [3.8, 4) is 0 Å². The van der Waals surface area contributed by atoms with E-state index in [1.54, 1.807) is 12.1 Å². The van der Waals surface area contributed by atoms with Gasteiger partial charge in [-0.2, -0.15) is 0 Å². The van der Waals surface area contributed by atoms with Crippen LogP contribution in [0, 0.1) is 5.82 Å². The standard InChI is InChI=1S/C17H19BrFN/c1-2-6-17(13-7-4-3-5-8-13)20-12-14-11-15(19)9-10-16(14)18/h3-5,7-11,17,20H,2,6,12H2,1H3. The number of halogens is 2. The second kappa shape index (κ2) is 7.55. The molecular weight excluding hydrogens is 317 g/mol. The number of hydrogen-bond donors (Lipinski definition) is 1. The molecule has 0 radical (unpaired) electrons. The van der Waals surface area contributed by atoms with E-state index < -0.39 is 0 Å². The van der Waals surface area contributed by atoms with Crippen LogP contribution in [-0.4, -0.2) is 0 Å². The molecule has 3 heteroatoms. The summed E-state index contributed by atoms with van der Waals surface area (Å²) in [6.45, 7) is 2.83. The molecule has 0 saturated heterocycles. The molecule has 0 amide bonds. The molecule has 0 aliphatic rings. The zero-order valence-electron chi connectivity index (χ0n) is 11.6. The highest BCUT2D eigenvalue weighted by Gasteiger charge is 2.10. The van der Waals surface area contributed by atoms with Gasteiger partial charge in [0.1, 0.15) is 5.82 Å². The van der Waals surface area contributed by atoms with E-state index in [0.29, 0.717) is 12.6 Å². The fourth-order valence-electron chi connectivity index (χ4n) is 2.27. The van der Waals surface area contributed by atoms with Crippen molar-refractivity contribution in [3.05, 3.63) is 69.9 Å². The molecule has 0 spiro atoms. The van der Waals surface area contributed by atoms with Crippen LogP contribution in [0.1, 0.15) is 36.9 Å². The molecule has 0 aliphatic carbocycles. The molecule has 1 atom stereocenters. The molecule has 0 heterocycles. The van der Waals surface area contributed by atoms with Crippen LogP contribution in [0.15, 0.2) is 53.0 Å². The zero-order chi connectivity index (χ0) is 14.4. The van der Waals surface area contributed by atoms with E-state index in [-0.39, 0.29) is 5.82 Å². The minimum atomic E-state index is -0.197. The van der Waals surface area contributed by atoms with E-state index in [9.17, 15) is 4.39 Å². The van der Waals surface area contributed by atoms with E-state index in [4.69, 9.17) is 0 Å². The van der Waals surface area contributed by atoms with E-state index in [1.165, 1.54) is 11.6 Å². The molecule has 20 heavy (non-hydrogen) atoms. The Balaban J connectivity index is 2.07. The topological polar surface area (TPSA) is 12.0 Å². The van der Waals surface area contributed by atoms with Crippen LogP contribution in [0.5, 0.6) is 0 Å². The summed E-state index contributed by atoms with van der Waals surface area (Å²) < 4.78 is 14.2. The molecule has 2 aromatic carbocycles. The SMILES string of the molecule is CCCC(NCc1cc(F)ccc1Br)c1ccccc1. The molecule has 106 valence electrons. The Hall–Kier alpha value is -1.19. The lowest BCUT2D eigenvalue weighted by atomic mass is 10.0. The second-order valence-electron chi connectivity index (χ2n) is 4.87. The Labute approximate surface area is 128 Å². The van der Waals surface area contributed by atoms with Gasteiger partial charge in [-0.15, -0.1) is 0 Å². The Morgan fingerprint density at radius 3 is 2.60 bits per heavy atom. The van der Waals surface area contributed by atoms with Crippen molar-refractivity contribution in [2.24, 2.45) is 0 Å². The quantitative estimate of drug-likeness (QED) is 0.763. The Morgan fingerprint density at radius 1 is 1.15 bits per heavy atom. The highest BCUT2D eigenvalue weighted by molar-refractivity contribution is 9.10. The summed E-state index contributed by atoms with van der Waals surface area (Å²) in [6.07, 6.45) is 2.17. The molecule has 0 bridgehead atoms. The smallest absolute Gasteiger partial charge is 0.123 e. The first-order chi connectivity index (χ1) is 9.70. The first-order valence-electron chi connectivity index (χ1n) is 6.93. The summed E-state index contributed by atoms with van der Waals surface area (Å²) >= 11 is 3.47. The van der Waals surface area contributed by atoms with E-state index >= 15 is 0 Å². The van der Waals surface area contributed by atoms with Crippen molar-refractivity contribution in [2.75, 3.05) is 0 Å². The van der Waals surface area contributed by atoms with Gasteiger partial charge in [-0.3, -0.25) is 0 Å². The molecule has 0 fully saturated rings. The van der Waals surface area contributed by atoms with Crippen LogP contribution < -0.4 is 5.32 Å². The predicted molar refractivity (Wildman–Crippen MR) is 85.0 cm³/mol. The molecule has 2 rings (SSSR count). The zero-order valence-corrected chi connectivity index (χ0v) is 13.2. The van der Waals surface area contributed by atoms with Crippen LogP contribution in [0.25, 0.3) is 0 Å². The van der Waals surface area contributed by atoms with Gasteiger partial charge < -0.3 is 5.32 Å². The largest absolute Gasteiger partial charge is 0.306 e. The van der Waals surface area contributed by atoms with Gasteiger partial charge in [-0.1, -0.05) is 59.6 Å². The molecule has 2 aromatic rings. The van der Waals surface area contributed by atoms with Crippen LogP contribution in [0.2, 0.25) is 0 Å². The predicted octanol–water partition coefficient (Wildman–Crippen LogP) is 5.22. The average Bonchev–Trinajstić information content (AvgIpc) is 2.47. The normalized spacial score (nSPS) is 12.3. The maximum absolute atomic E-state index is 13.3. The maximum Gasteiger partial charge on any atom is 0.123 e. The van der Waals surface area contributed by atoms with Gasteiger partial charge in [0.15, 0.2) is 0 Å². The molecule has 0 aromatic heterocycles. The number of hydrogen-bond acceptors (Lipinski definition) is 1. The number of nitrogens with one attached hydrogen (secondary N) is 1. The molecule has 0 aliphatic heterocycles. The third kappa shape index (κ3) is 4.15. The van der Waals surface area contributed by atoms with Crippen molar-refractivity contribution in [1.82, 2.24) is 5.32 Å². The average molecular weight is 336 g/mol. The van der Waals surface area contributed by atoms with Crippen molar-refractivity contribution in [2.45, 2.75) is 32.4 Å². The third-order valence-corrected chi connectivity index (χ3v) is 4.10. The van der Waals surface area contributed by atoms with Crippen LogP contribution in [0.4, 0.5) is 4.39 Å². The molecule has 1 N–H and O–H groups in total. The molecule has 0 saturated carbocycles. The summed E-state index contributed by atoms with van der Waals surface area (Å²) in [5.74, 6) is -0.197. The fourth-order valence-corrected chi connectivity index (χ4v) is 2.66. The number of benzene rings is 2. The van der Waals surface area contributed by atoms with Gasteiger partial charge >= 0.3 is 0 Å². The summed E-state index contributed by atoms with van der Waals surface area (Å²) in [6, 6.07) is 15.5. The molecular formula is C17H19BrFN. The Bertz CT molecular complexity index is 542. The highest BCUT2D eigenvalue weighted by Crippen LogP contribution is 2.22. The second-order valence-corrected chi connectivity index (χ2v) is 5.72. The highest BCUT2D eigenvalue weighted by atomic mass is 79.9. The fraction of sp³-hybridized carbons (Fsp3) is 0.294. The monoisotopic (exact) mass is 335 g/mol. The minimum Gasteiger partial charge on any atom is -0.306 e. The van der Waals surface area contributed by atoms with Crippen molar-refractivity contribution in [1.29, 1.82) is 0 Å². The van der Waals surface area contributed by atoms with E-state index in [1.807, 2.05) is 6.07 Å². The van der Waals surface area contributed by atoms with Crippen molar-refractivity contribution >= 4 is 15.9 Å². The van der Waals surface area contributed by atoms with Crippen LogP contribution in [-0.2, 0) is 6.54 Å². The van der Waals surface area contributed by atoms with Crippen LogP contribution >= 0.6 is 15.9 Å². The molecule has 1 nitrogen and oxygen atoms in total. The van der Waals surface area contributed by atoms with Gasteiger partial charge in [0.25, 0.3) is 0 Å². The minimum absolute atomic E-state index is 0.197.